The van der Waals surface area contributed by atoms with Gasteiger partial charge in [-0.25, -0.2) is 0 Å². The van der Waals surface area contributed by atoms with Gasteiger partial charge in [-0.3, -0.25) is 43.2 Å². The van der Waals surface area contributed by atoms with Gasteiger partial charge in [-0.15, -0.1) is 0 Å². The predicted molar refractivity (Wildman–Crippen MR) is 371 cm³/mol. The molecule has 9 aliphatic heterocycles. The first-order valence-corrected chi connectivity index (χ1v) is 33.6. The average molecular weight is 1390 g/mol. The van der Waals surface area contributed by atoms with Crippen molar-refractivity contribution in [2.45, 2.75) is 116 Å². The summed E-state index contributed by atoms with van der Waals surface area (Å²) >= 11 is 0. The van der Waals surface area contributed by atoms with Gasteiger partial charge in [0.2, 0.25) is 35.4 Å². The Morgan fingerprint density at radius 2 is 0.784 bits per heavy atom. The van der Waals surface area contributed by atoms with Gasteiger partial charge in [-0.2, -0.15) is 0 Å². The fraction of sp³-hybridized carbons (Fsp3) is 0.346. The van der Waals surface area contributed by atoms with Crippen molar-refractivity contribution in [3.8, 4) is 17.2 Å². The summed E-state index contributed by atoms with van der Waals surface area (Å²) in [5, 5.41) is 7.89. The number of hydrogen-bond acceptors (Lipinski definition) is 15. The summed E-state index contributed by atoms with van der Waals surface area (Å²) in [5.41, 5.74) is 7.41. The van der Waals surface area contributed by atoms with Gasteiger partial charge in [0.15, 0.2) is 0 Å². The quantitative estimate of drug-likeness (QED) is 0.0774. The maximum Gasteiger partial charge on any atom is 0.255 e. The van der Waals surface area contributed by atoms with Crippen LogP contribution in [-0.4, -0.2) is 160 Å². The number of hydrogen-bond donors (Lipinski definition) is 3. The number of allylic oxidation sites excluding steroid dienone is 3. The smallest absolute Gasteiger partial charge is 0.255 e. The molecule has 102 heavy (non-hydrogen) atoms. The maximum atomic E-state index is 13.3. The molecule has 528 valence electrons. The topological polar surface area (TPSA) is 265 Å². The van der Waals surface area contributed by atoms with Crippen molar-refractivity contribution in [3.63, 3.8) is 0 Å². The first-order chi connectivity index (χ1) is 53.1. The first kappa shape index (κ1) is 58.8. The van der Waals surface area contributed by atoms with Crippen LogP contribution in [-0.2, 0) is 102 Å². The molecule has 9 amide bonds. The molecule has 9 aliphatic rings. The molecule has 24 nitrogen and oxygen atoms in total. The lowest BCUT2D eigenvalue weighted by atomic mass is 10.0. The van der Waals surface area contributed by atoms with Crippen molar-refractivity contribution in [1.29, 1.82) is 0 Å². The van der Waals surface area contributed by atoms with Crippen molar-refractivity contribution in [3.05, 3.63) is 231 Å². The number of amides is 9. The van der Waals surface area contributed by atoms with E-state index in [-0.39, 0.29) is 145 Å². The number of carbonyl (C=O) groups is 9. The molecule has 15 rings (SSSR count). The molecule has 5 unspecified atom stereocenters. The molecular formula is C78H81N9O15. The van der Waals surface area contributed by atoms with Crippen molar-refractivity contribution < 1.29 is 83.9 Å². The second-order valence-corrected chi connectivity index (χ2v) is 25.6. The van der Waals surface area contributed by atoms with Crippen LogP contribution in [0, 0.1) is 0 Å². The molecule has 24 heteroatoms. The number of piperidine rings is 3. The molecular weight excluding hydrogens is 1300 g/mol. The van der Waals surface area contributed by atoms with Gasteiger partial charge in [0.25, 0.3) is 17.7 Å². The van der Waals surface area contributed by atoms with E-state index < -0.39 is 73.1 Å². The molecule has 0 radical (unpaired) electrons. The highest BCUT2D eigenvalue weighted by atomic mass is 16.5. The van der Waals surface area contributed by atoms with Crippen LogP contribution in [0.2, 0.25) is 0 Å². The highest BCUT2D eigenvalue weighted by molar-refractivity contribution is 6.04. The number of nitrogens with zero attached hydrogens (tertiary/aromatic N) is 6. The third-order valence-corrected chi connectivity index (χ3v) is 18.5. The Hall–Kier alpha value is -11.0. The molecule has 9 heterocycles. The Morgan fingerprint density at radius 3 is 1.22 bits per heavy atom. The second-order valence-electron chi connectivity index (χ2n) is 25.6. The normalized spacial score (nSPS) is 23.6. The zero-order valence-corrected chi connectivity index (χ0v) is 55.9. The summed E-state index contributed by atoms with van der Waals surface area (Å²) in [7, 11) is 0. The molecule has 0 saturated carbocycles. The van der Waals surface area contributed by atoms with Crippen molar-refractivity contribution in [1.82, 2.24) is 45.3 Å². The van der Waals surface area contributed by atoms with Crippen molar-refractivity contribution in [2.75, 3.05) is 59.3 Å². The Labute approximate surface area is 603 Å². The molecule has 6 saturated heterocycles. The minimum absolute atomic E-state index is 0.00182. The molecule has 5 atom stereocenters. The number of ether oxygens (including phenoxy) is 6. The molecule has 6 fully saturated rings. The van der Waals surface area contributed by atoms with Gasteiger partial charge in [-0.1, -0.05) is 111 Å². The first-order valence-electron chi connectivity index (χ1n) is 38.2. The summed E-state index contributed by atoms with van der Waals surface area (Å²) in [6.07, 6.45) is 2.36. The SMILES string of the molecule is [2H]c1cc(OCc2ccc(CN3CCOCC3=O)cc2)c2c(c1[2H])C(=O)N(C1CCC(=C)NC1=O)C2[2H].[2H]c1cc2c(c(OCc3ccc(CN4CCOCC4=O)cc3)c1[2H])C([2H])N(C1CCC(=C)NC1=O)C2=O.[2H]c1ccc2c(c1OCc1ccc(CN3CCOCC3=O)cc1)C([2H])([2H])N(C1CCC(=C)NC1=O)C2=O. The van der Waals surface area contributed by atoms with Gasteiger partial charge < -0.3 is 73.8 Å². The standard InChI is InChI=1S/3C26H27N3O5/c3*1-17-5-10-22(25(31)27-17)29-14-21-20(26(29)32)3-2-4-23(21)34-15-19-8-6-18(7-9-19)13-28-11-12-33-16-24(28)30/h3*2-4,6-9,22H,1,5,10-16H2,(H,27,31)/i2D,4D,14D;2D,3D,14D;4D,14D2. The molecule has 6 aromatic carbocycles. The largest absolute Gasteiger partial charge is 0.489 e. The lowest BCUT2D eigenvalue weighted by Gasteiger charge is -2.31. The highest BCUT2D eigenvalue weighted by Gasteiger charge is 2.43. The predicted octanol–water partition coefficient (Wildman–Crippen LogP) is 7.12. The van der Waals surface area contributed by atoms with E-state index in [9.17, 15) is 43.2 Å². The van der Waals surface area contributed by atoms with Crippen LogP contribution in [0.4, 0.5) is 0 Å². The summed E-state index contributed by atoms with van der Waals surface area (Å²) < 4.78 is 110. The van der Waals surface area contributed by atoms with Gasteiger partial charge in [0.1, 0.15) is 75.0 Å². The zero-order valence-electron chi connectivity index (χ0n) is 64.9. The lowest BCUT2D eigenvalue weighted by Crippen LogP contribution is -2.49. The van der Waals surface area contributed by atoms with E-state index >= 15 is 0 Å². The summed E-state index contributed by atoms with van der Waals surface area (Å²) in [5.74, 6) is -3.02. The molecule has 0 aromatic heterocycles. The van der Waals surface area contributed by atoms with E-state index in [1.807, 2.05) is 72.8 Å². The number of benzene rings is 6. The fourth-order valence-corrected chi connectivity index (χ4v) is 12.8. The van der Waals surface area contributed by atoms with Crippen molar-refractivity contribution >= 4 is 53.2 Å². The van der Waals surface area contributed by atoms with Crippen LogP contribution in [0.1, 0.15) is 132 Å². The second kappa shape index (κ2) is 31.3. The number of carbonyl (C=O) groups excluding carboxylic acids is 9. The van der Waals surface area contributed by atoms with E-state index in [0.29, 0.717) is 108 Å². The van der Waals surface area contributed by atoms with Crippen molar-refractivity contribution in [2.24, 2.45) is 0 Å². The number of rotatable bonds is 18. The highest BCUT2D eigenvalue weighted by Crippen LogP contribution is 2.38. The van der Waals surface area contributed by atoms with Crippen LogP contribution in [0.25, 0.3) is 0 Å². The van der Waals surface area contributed by atoms with E-state index in [4.69, 9.17) is 40.8 Å². The van der Waals surface area contributed by atoms with Gasteiger partial charge in [0.05, 0.1) is 51.7 Å². The van der Waals surface area contributed by atoms with Crippen LogP contribution in [0.15, 0.2) is 164 Å². The number of fused-ring (bicyclic) bond motifs is 3. The molecule has 0 aliphatic carbocycles. The van der Waals surface area contributed by atoms with Gasteiger partial charge in [-0.05, 0) is 108 Å². The number of morpholine rings is 3. The Morgan fingerprint density at radius 1 is 0.422 bits per heavy atom. The average Bonchev–Trinajstić information content (AvgIpc) is 1.58. The Bertz CT molecular complexity index is 4780. The monoisotopic (exact) mass is 1390 g/mol. The molecule has 3 N–H and O–H groups in total. The van der Waals surface area contributed by atoms with E-state index in [2.05, 4.69) is 35.7 Å². The maximum absolute atomic E-state index is 13.3. The Kier molecular flexibility index (Phi) is 18.0. The molecule has 0 spiro atoms. The van der Waals surface area contributed by atoms with Crippen LogP contribution in [0.5, 0.6) is 17.2 Å². The lowest BCUT2D eigenvalue weighted by molar-refractivity contribution is -0.144. The van der Waals surface area contributed by atoms with E-state index in [0.717, 1.165) is 38.3 Å². The molecule has 0 bridgehead atoms. The fourth-order valence-electron chi connectivity index (χ4n) is 12.8. The summed E-state index contributed by atoms with van der Waals surface area (Å²) in [6.45, 7) is 11.6. The minimum Gasteiger partial charge on any atom is -0.489 e. The summed E-state index contributed by atoms with van der Waals surface area (Å²) in [6, 6.07) is 24.3. The zero-order chi connectivity index (χ0) is 78.9. The number of nitrogens with one attached hydrogen (secondary N) is 3. The third kappa shape index (κ3) is 15.9. The Balaban J connectivity index is 0.000000146. The van der Waals surface area contributed by atoms with Crippen LogP contribution in [0.3, 0.4) is 0 Å². The van der Waals surface area contributed by atoms with Gasteiger partial charge in [0, 0.05) is 89.7 Å². The summed E-state index contributed by atoms with van der Waals surface area (Å²) in [4.78, 5) is 122. The molecule has 6 aromatic rings. The van der Waals surface area contributed by atoms with Crippen LogP contribution >= 0.6 is 0 Å². The van der Waals surface area contributed by atoms with Gasteiger partial charge >= 0.3 is 0 Å². The van der Waals surface area contributed by atoms with Crippen LogP contribution < -0.4 is 30.2 Å². The van der Waals surface area contributed by atoms with E-state index in [1.54, 1.807) is 14.7 Å². The van der Waals surface area contributed by atoms with E-state index in [1.165, 1.54) is 34.1 Å². The minimum atomic E-state index is -2.34. The third-order valence-electron chi connectivity index (χ3n) is 18.5.